The van der Waals surface area contributed by atoms with Gasteiger partial charge in [0.2, 0.25) is 11.7 Å². The summed E-state index contributed by atoms with van der Waals surface area (Å²) in [7, 11) is 0. The van der Waals surface area contributed by atoms with Crippen molar-refractivity contribution in [2.75, 3.05) is 18.1 Å². The third-order valence-corrected chi connectivity index (χ3v) is 5.15. The maximum absolute atomic E-state index is 12.6. The van der Waals surface area contributed by atoms with Crippen LogP contribution in [-0.2, 0) is 19.1 Å². The van der Waals surface area contributed by atoms with Gasteiger partial charge in [0.05, 0.1) is 18.1 Å². The van der Waals surface area contributed by atoms with Gasteiger partial charge in [0.1, 0.15) is 0 Å². The first-order valence-corrected chi connectivity index (χ1v) is 10.2. The molecule has 0 aromatic heterocycles. The molecule has 2 atom stereocenters. The molecule has 0 unspecified atom stereocenters. The number of benzene rings is 2. The molecule has 1 amide bonds. The van der Waals surface area contributed by atoms with Crippen LogP contribution in [-0.4, -0.2) is 42.9 Å². The number of hydrogen-bond acceptors (Lipinski definition) is 6. The highest BCUT2D eigenvalue weighted by atomic mass is 16.5. The predicted octanol–water partition coefficient (Wildman–Crippen LogP) is 3.34. The Labute approximate surface area is 180 Å². The van der Waals surface area contributed by atoms with E-state index in [1.165, 1.54) is 11.8 Å². The number of aryl methyl sites for hydroxylation is 1. The van der Waals surface area contributed by atoms with Gasteiger partial charge in [0.25, 0.3) is 0 Å². The molecule has 7 heteroatoms. The minimum atomic E-state index is -0.941. The predicted molar refractivity (Wildman–Crippen MR) is 114 cm³/mol. The van der Waals surface area contributed by atoms with Gasteiger partial charge >= 0.3 is 11.9 Å². The molecule has 1 fully saturated rings. The quantitative estimate of drug-likeness (QED) is 0.501. The van der Waals surface area contributed by atoms with Crippen LogP contribution in [0.25, 0.3) is 0 Å². The smallest absolute Gasteiger partial charge is 0.338 e. The lowest BCUT2D eigenvalue weighted by Gasteiger charge is -2.18. The van der Waals surface area contributed by atoms with Crippen molar-refractivity contribution in [2.24, 2.45) is 5.92 Å². The Morgan fingerprint density at radius 1 is 1.03 bits per heavy atom. The third kappa shape index (κ3) is 5.17. The molecule has 1 aliphatic rings. The standard InChI is InChI=1S/C24H25NO6/c1-4-30-23(28)18-9-11-20(12-10-18)25-14-19(13-21(25)26)24(29)31-16(3)22(27)17-7-5-15(2)6-8-17/h5-12,16,19H,4,13-14H2,1-3H3/t16-,19+/m0/s1. The Hall–Kier alpha value is -3.48. The molecular formula is C24H25NO6. The summed E-state index contributed by atoms with van der Waals surface area (Å²) in [5.74, 6) is -2.18. The van der Waals surface area contributed by atoms with E-state index in [-0.39, 0.29) is 31.3 Å². The van der Waals surface area contributed by atoms with Gasteiger partial charge in [-0.1, -0.05) is 29.8 Å². The highest BCUT2D eigenvalue weighted by molar-refractivity contribution is 6.02. The van der Waals surface area contributed by atoms with Crippen LogP contribution in [0.1, 0.15) is 46.5 Å². The normalized spacial score (nSPS) is 16.7. The first-order valence-electron chi connectivity index (χ1n) is 10.2. The molecule has 2 aromatic rings. The van der Waals surface area contributed by atoms with Gasteiger partial charge in [-0.05, 0) is 45.0 Å². The molecule has 162 valence electrons. The van der Waals surface area contributed by atoms with Gasteiger partial charge in [-0.25, -0.2) is 4.79 Å². The molecular weight excluding hydrogens is 398 g/mol. The fraction of sp³-hybridized carbons (Fsp3) is 0.333. The van der Waals surface area contributed by atoms with Crippen molar-refractivity contribution in [3.05, 3.63) is 65.2 Å². The van der Waals surface area contributed by atoms with Gasteiger partial charge in [-0.3, -0.25) is 14.4 Å². The lowest BCUT2D eigenvalue weighted by atomic mass is 10.1. The SMILES string of the molecule is CCOC(=O)c1ccc(N2C[C@H](C(=O)O[C@@H](C)C(=O)c3ccc(C)cc3)CC2=O)cc1. The van der Waals surface area contributed by atoms with E-state index in [0.29, 0.717) is 16.8 Å². The summed E-state index contributed by atoms with van der Waals surface area (Å²) in [6, 6.07) is 13.5. The highest BCUT2D eigenvalue weighted by Crippen LogP contribution is 2.27. The molecule has 3 rings (SSSR count). The Morgan fingerprint density at radius 3 is 2.26 bits per heavy atom. The van der Waals surface area contributed by atoms with Crippen molar-refractivity contribution in [1.82, 2.24) is 0 Å². The maximum atomic E-state index is 12.6. The molecule has 1 saturated heterocycles. The van der Waals surface area contributed by atoms with Gasteiger partial charge in [0.15, 0.2) is 6.10 Å². The fourth-order valence-electron chi connectivity index (χ4n) is 3.38. The van der Waals surface area contributed by atoms with Crippen molar-refractivity contribution in [2.45, 2.75) is 33.3 Å². The number of rotatable bonds is 7. The summed E-state index contributed by atoms with van der Waals surface area (Å²) in [6.07, 6.45) is -0.938. The van der Waals surface area contributed by atoms with E-state index in [1.807, 2.05) is 19.1 Å². The lowest BCUT2D eigenvalue weighted by molar-refractivity contribution is -0.151. The minimum Gasteiger partial charge on any atom is -0.462 e. The van der Waals surface area contributed by atoms with Crippen molar-refractivity contribution in [1.29, 1.82) is 0 Å². The Kier molecular flexibility index (Phi) is 6.84. The Morgan fingerprint density at radius 2 is 1.65 bits per heavy atom. The zero-order valence-corrected chi connectivity index (χ0v) is 17.8. The molecule has 0 spiro atoms. The van der Waals surface area contributed by atoms with Gasteiger partial charge in [-0.2, -0.15) is 0 Å². The molecule has 0 N–H and O–H groups in total. The summed E-state index contributed by atoms with van der Waals surface area (Å²) in [4.78, 5) is 50.8. The van der Waals surface area contributed by atoms with Crippen molar-refractivity contribution >= 4 is 29.3 Å². The van der Waals surface area contributed by atoms with Crippen LogP contribution in [0.3, 0.4) is 0 Å². The summed E-state index contributed by atoms with van der Waals surface area (Å²) in [5.41, 5.74) is 2.46. The van der Waals surface area contributed by atoms with Gasteiger partial charge in [-0.15, -0.1) is 0 Å². The summed E-state index contributed by atoms with van der Waals surface area (Å²) < 4.78 is 10.3. The number of carbonyl (C=O) groups is 4. The monoisotopic (exact) mass is 423 g/mol. The second-order valence-corrected chi connectivity index (χ2v) is 7.48. The summed E-state index contributed by atoms with van der Waals surface area (Å²) >= 11 is 0. The minimum absolute atomic E-state index is 0.00387. The van der Waals surface area contributed by atoms with E-state index in [1.54, 1.807) is 43.3 Å². The summed E-state index contributed by atoms with van der Waals surface area (Å²) in [5, 5.41) is 0. The molecule has 0 saturated carbocycles. The van der Waals surface area contributed by atoms with Crippen LogP contribution >= 0.6 is 0 Å². The number of anilines is 1. The van der Waals surface area contributed by atoms with E-state index >= 15 is 0 Å². The van der Waals surface area contributed by atoms with Crippen molar-refractivity contribution in [3.8, 4) is 0 Å². The Balaban J connectivity index is 1.61. The molecule has 1 heterocycles. The second kappa shape index (κ2) is 9.55. The molecule has 0 bridgehead atoms. The Bertz CT molecular complexity index is 980. The number of amides is 1. The van der Waals surface area contributed by atoms with Gasteiger partial charge < -0.3 is 14.4 Å². The zero-order chi connectivity index (χ0) is 22.5. The number of ether oxygens (including phenoxy) is 2. The number of esters is 2. The molecule has 2 aromatic carbocycles. The van der Waals surface area contributed by atoms with E-state index in [4.69, 9.17) is 9.47 Å². The molecule has 1 aliphatic heterocycles. The highest BCUT2D eigenvalue weighted by Gasteiger charge is 2.37. The number of carbonyl (C=O) groups excluding carboxylic acids is 4. The number of hydrogen-bond donors (Lipinski definition) is 0. The van der Waals surface area contributed by atoms with Crippen molar-refractivity contribution < 1.29 is 28.7 Å². The molecule has 7 nitrogen and oxygen atoms in total. The number of nitrogens with zero attached hydrogens (tertiary/aromatic N) is 1. The molecule has 0 aliphatic carbocycles. The first-order chi connectivity index (χ1) is 14.8. The third-order valence-electron chi connectivity index (χ3n) is 5.15. The van der Waals surface area contributed by atoms with E-state index < -0.39 is 24.0 Å². The average molecular weight is 423 g/mol. The topological polar surface area (TPSA) is 90.0 Å². The zero-order valence-electron chi connectivity index (χ0n) is 17.8. The number of Topliss-reactive ketones (excluding diaryl/α,β-unsaturated/α-hetero) is 1. The van der Waals surface area contributed by atoms with Crippen LogP contribution in [0.4, 0.5) is 5.69 Å². The van der Waals surface area contributed by atoms with Crippen LogP contribution in [0.15, 0.2) is 48.5 Å². The second-order valence-electron chi connectivity index (χ2n) is 7.48. The molecule has 0 radical (unpaired) electrons. The van der Waals surface area contributed by atoms with Crippen LogP contribution in [0.5, 0.6) is 0 Å². The first kappa shape index (κ1) is 22.2. The average Bonchev–Trinajstić information content (AvgIpc) is 3.16. The van der Waals surface area contributed by atoms with Gasteiger partial charge in [0, 0.05) is 24.2 Å². The maximum Gasteiger partial charge on any atom is 0.338 e. The summed E-state index contributed by atoms with van der Waals surface area (Å²) in [6.45, 7) is 5.61. The van der Waals surface area contributed by atoms with Crippen LogP contribution < -0.4 is 4.90 Å². The van der Waals surface area contributed by atoms with Crippen LogP contribution in [0.2, 0.25) is 0 Å². The van der Waals surface area contributed by atoms with Crippen LogP contribution in [0, 0.1) is 12.8 Å². The number of ketones is 1. The fourth-order valence-corrected chi connectivity index (χ4v) is 3.38. The van der Waals surface area contributed by atoms with E-state index in [0.717, 1.165) is 5.56 Å². The largest absolute Gasteiger partial charge is 0.462 e. The molecule has 31 heavy (non-hydrogen) atoms. The van der Waals surface area contributed by atoms with E-state index in [2.05, 4.69) is 0 Å². The van der Waals surface area contributed by atoms with E-state index in [9.17, 15) is 19.2 Å². The van der Waals surface area contributed by atoms with Crippen molar-refractivity contribution in [3.63, 3.8) is 0 Å². The lowest BCUT2D eigenvalue weighted by Crippen LogP contribution is -2.30.